The minimum atomic E-state index is -1.42. The molecule has 1 aliphatic carbocycles. The number of carbonyl (C=O) groups excluding carboxylic acids is 2. The number of hydrogen-bond donors (Lipinski definition) is 2. The zero-order chi connectivity index (χ0) is 23.4. The zero-order valence-electron chi connectivity index (χ0n) is 18.3. The first-order valence-corrected chi connectivity index (χ1v) is 11.0. The summed E-state index contributed by atoms with van der Waals surface area (Å²) in [6.45, 7) is 3.28. The van der Waals surface area contributed by atoms with E-state index >= 15 is 0 Å². The van der Waals surface area contributed by atoms with Gasteiger partial charge in [-0.25, -0.2) is 0 Å². The molecule has 2 N–H and O–H groups in total. The van der Waals surface area contributed by atoms with E-state index in [1.807, 2.05) is 49.4 Å². The largest absolute Gasteiger partial charge is 0.543 e. The van der Waals surface area contributed by atoms with Crippen LogP contribution in [0.1, 0.15) is 25.0 Å². The molecule has 5 rings (SSSR count). The number of ether oxygens (including phenoxy) is 1. The molecule has 0 aromatic heterocycles. The topological polar surface area (TPSA) is 110 Å². The summed E-state index contributed by atoms with van der Waals surface area (Å²) in [5, 5.41) is 31.5. The van der Waals surface area contributed by atoms with Gasteiger partial charge in [0.15, 0.2) is 0 Å². The summed E-state index contributed by atoms with van der Waals surface area (Å²) < 4.78 is 6.18. The number of β-lactam (4-membered cyclic amide) rings is 1. The molecule has 4 atom stereocenters. The Morgan fingerprint density at radius 3 is 2.55 bits per heavy atom. The molecule has 1 saturated heterocycles. The quantitative estimate of drug-likeness (QED) is 0.553. The number of carboxylic acids is 1. The van der Waals surface area contributed by atoms with E-state index in [4.69, 9.17) is 4.74 Å². The van der Waals surface area contributed by atoms with Crippen LogP contribution in [-0.4, -0.2) is 52.3 Å². The van der Waals surface area contributed by atoms with Gasteiger partial charge in [-0.15, -0.1) is 0 Å². The van der Waals surface area contributed by atoms with E-state index in [9.17, 15) is 24.9 Å². The predicted molar refractivity (Wildman–Crippen MR) is 119 cm³/mol. The molecule has 0 radical (unpaired) electrons. The first-order valence-electron chi connectivity index (χ1n) is 11.0. The van der Waals surface area contributed by atoms with E-state index in [0.717, 1.165) is 27.8 Å². The fourth-order valence-electron chi connectivity index (χ4n) is 5.52. The van der Waals surface area contributed by atoms with Crippen molar-refractivity contribution in [2.24, 2.45) is 11.8 Å². The molecule has 1 fully saturated rings. The summed E-state index contributed by atoms with van der Waals surface area (Å²) in [4.78, 5) is 25.7. The van der Waals surface area contributed by atoms with Gasteiger partial charge < -0.3 is 29.8 Å². The third-order valence-electron chi connectivity index (χ3n) is 6.99. The number of benzene rings is 2. The van der Waals surface area contributed by atoms with Crippen LogP contribution >= 0.6 is 0 Å². The number of aliphatic hydroxyl groups excluding tert-OH is 2. The minimum absolute atomic E-state index is 0.0189. The molecule has 7 heteroatoms. The molecule has 0 spiro atoms. The van der Waals surface area contributed by atoms with Gasteiger partial charge in [0.1, 0.15) is 12.4 Å². The lowest BCUT2D eigenvalue weighted by molar-refractivity contribution is -0.301. The maximum atomic E-state index is 12.5. The Kier molecular flexibility index (Phi) is 5.11. The van der Waals surface area contributed by atoms with Crippen molar-refractivity contribution in [3.05, 3.63) is 70.9 Å². The average molecular weight is 446 g/mol. The second-order valence-corrected chi connectivity index (χ2v) is 8.73. The second-order valence-electron chi connectivity index (χ2n) is 8.73. The van der Waals surface area contributed by atoms with Gasteiger partial charge in [0.05, 0.1) is 36.3 Å². The molecule has 7 nitrogen and oxygen atoms in total. The number of fused-ring (bicyclic) bond motifs is 4. The first kappa shape index (κ1) is 21.4. The van der Waals surface area contributed by atoms with E-state index in [1.54, 1.807) is 13.0 Å². The third-order valence-corrected chi connectivity index (χ3v) is 6.99. The Bertz CT molecular complexity index is 1230. The van der Waals surface area contributed by atoms with Gasteiger partial charge in [0, 0.05) is 11.5 Å². The molecule has 2 aromatic rings. The Labute approximate surface area is 191 Å². The molecule has 2 heterocycles. The number of aliphatic hydroxyl groups is 2. The highest BCUT2D eigenvalue weighted by Crippen LogP contribution is 2.50. The van der Waals surface area contributed by atoms with Crippen LogP contribution in [-0.2, 0) is 9.59 Å². The Morgan fingerprint density at radius 2 is 1.88 bits per heavy atom. The average Bonchev–Trinajstić information content (AvgIpc) is 3.23. The van der Waals surface area contributed by atoms with Crippen molar-refractivity contribution in [1.29, 1.82) is 0 Å². The number of rotatable bonds is 6. The van der Waals surface area contributed by atoms with Gasteiger partial charge in [-0.1, -0.05) is 49.4 Å². The summed E-state index contributed by atoms with van der Waals surface area (Å²) in [5.41, 5.74) is 5.04. The SMILES string of the molecule is CC(O)C1C(=O)N2C(C(=O)[O-])=C(COc3cccc4c3-c3ccccc3/C4=C/CO)[C@H](C)C12. The molecule has 2 aromatic carbocycles. The van der Waals surface area contributed by atoms with Crippen molar-refractivity contribution in [3.63, 3.8) is 0 Å². The number of carbonyl (C=O) groups is 2. The van der Waals surface area contributed by atoms with E-state index in [-0.39, 0.29) is 24.8 Å². The molecule has 0 saturated carbocycles. The Balaban J connectivity index is 1.51. The van der Waals surface area contributed by atoms with Gasteiger partial charge in [-0.3, -0.25) is 4.79 Å². The van der Waals surface area contributed by atoms with E-state index in [0.29, 0.717) is 11.3 Å². The fraction of sp³-hybridized carbons (Fsp3) is 0.308. The molecule has 0 bridgehead atoms. The van der Waals surface area contributed by atoms with Crippen LogP contribution in [0.25, 0.3) is 16.7 Å². The normalized spacial score (nSPS) is 25.0. The van der Waals surface area contributed by atoms with Crippen LogP contribution in [0.3, 0.4) is 0 Å². The Hall–Kier alpha value is -3.42. The standard InChI is InChI=1S/C26H25NO6/c1-13-19(24(26(31)32)27-23(13)21(14(2)29)25(27)30)12-33-20-9-5-8-18-16(10-11-28)15-6-3-4-7-17(15)22(18)20/h3-10,13-14,21,23,28-29H,11-12H2,1-2H3,(H,31,32)/p-1/b16-10-/t13-,14?,21?,23?/m0/s1. The fourth-order valence-corrected chi connectivity index (χ4v) is 5.52. The van der Waals surface area contributed by atoms with E-state index < -0.39 is 29.9 Å². The number of carboxylic acid groups (broad SMARTS) is 1. The second kappa shape index (κ2) is 7.86. The van der Waals surface area contributed by atoms with Gasteiger partial charge >= 0.3 is 0 Å². The number of aliphatic carboxylic acids is 1. The first-order chi connectivity index (χ1) is 15.9. The van der Waals surface area contributed by atoms with Gasteiger partial charge in [-0.2, -0.15) is 0 Å². The number of nitrogens with zero attached hydrogens (tertiary/aromatic N) is 1. The van der Waals surface area contributed by atoms with Crippen molar-refractivity contribution in [2.45, 2.75) is 26.0 Å². The van der Waals surface area contributed by atoms with Crippen molar-refractivity contribution in [2.75, 3.05) is 13.2 Å². The summed E-state index contributed by atoms with van der Waals surface area (Å²) in [5.74, 6) is -2.15. The molecular weight excluding hydrogens is 422 g/mol. The maximum absolute atomic E-state index is 12.5. The maximum Gasteiger partial charge on any atom is 0.235 e. The summed E-state index contributed by atoms with van der Waals surface area (Å²) in [6, 6.07) is 13.1. The van der Waals surface area contributed by atoms with Crippen LogP contribution in [0.2, 0.25) is 0 Å². The predicted octanol–water partition coefficient (Wildman–Crippen LogP) is 1.33. The highest BCUT2D eigenvalue weighted by molar-refractivity contribution is 6.03. The van der Waals surface area contributed by atoms with Crippen molar-refractivity contribution in [3.8, 4) is 16.9 Å². The van der Waals surface area contributed by atoms with Gasteiger partial charge in [0.25, 0.3) is 0 Å². The molecule has 170 valence electrons. The lowest BCUT2D eigenvalue weighted by Gasteiger charge is -2.47. The van der Waals surface area contributed by atoms with Gasteiger partial charge in [-0.05, 0) is 40.8 Å². The van der Waals surface area contributed by atoms with Crippen molar-refractivity contribution >= 4 is 17.4 Å². The van der Waals surface area contributed by atoms with Crippen LogP contribution in [0.4, 0.5) is 0 Å². The molecule has 3 unspecified atom stereocenters. The lowest BCUT2D eigenvalue weighted by Crippen LogP contribution is -2.64. The highest BCUT2D eigenvalue weighted by atomic mass is 16.5. The monoisotopic (exact) mass is 446 g/mol. The lowest BCUT2D eigenvalue weighted by atomic mass is 9.78. The minimum Gasteiger partial charge on any atom is -0.543 e. The number of amides is 1. The highest BCUT2D eigenvalue weighted by Gasteiger charge is 2.58. The van der Waals surface area contributed by atoms with Gasteiger partial charge in [0.2, 0.25) is 5.91 Å². The molecule has 2 aliphatic heterocycles. The number of hydrogen-bond acceptors (Lipinski definition) is 6. The third kappa shape index (κ3) is 3.03. The Morgan fingerprint density at radius 1 is 1.18 bits per heavy atom. The van der Waals surface area contributed by atoms with E-state index in [1.165, 1.54) is 4.90 Å². The van der Waals surface area contributed by atoms with Crippen LogP contribution < -0.4 is 9.84 Å². The molecule has 33 heavy (non-hydrogen) atoms. The van der Waals surface area contributed by atoms with Crippen LogP contribution in [0, 0.1) is 11.8 Å². The smallest absolute Gasteiger partial charge is 0.235 e. The van der Waals surface area contributed by atoms with Crippen LogP contribution in [0.5, 0.6) is 5.75 Å². The van der Waals surface area contributed by atoms with E-state index in [2.05, 4.69) is 0 Å². The van der Waals surface area contributed by atoms with Crippen molar-refractivity contribution in [1.82, 2.24) is 4.90 Å². The molecular formula is C26H24NO6-. The molecule has 1 amide bonds. The van der Waals surface area contributed by atoms with Crippen LogP contribution in [0.15, 0.2) is 59.8 Å². The molecule has 3 aliphatic rings. The zero-order valence-corrected chi connectivity index (χ0v) is 18.3. The summed E-state index contributed by atoms with van der Waals surface area (Å²) in [6.07, 6.45) is 0.895. The summed E-state index contributed by atoms with van der Waals surface area (Å²) in [7, 11) is 0. The van der Waals surface area contributed by atoms with Crippen molar-refractivity contribution < 1.29 is 29.6 Å². The summed E-state index contributed by atoms with van der Waals surface area (Å²) >= 11 is 0.